The van der Waals surface area contributed by atoms with E-state index in [0.717, 1.165) is 59.9 Å². The molecule has 0 fully saturated rings. The van der Waals surface area contributed by atoms with Crippen molar-refractivity contribution in [2.75, 3.05) is 6.54 Å². The van der Waals surface area contributed by atoms with E-state index in [1.165, 1.54) is 36.2 Å². The molecule has 1 aliphatic rings. The van der Waals surface area contributed by atoms with Gasteiger partial charge in [0.2, 0.25) is 0 Å². The summed E-state index contributed by atoms with van der Waals surface area (Å²) in [6.45, 7) is 6.04. The Balaban J connectivity index is 1.47. The number of nitrogens with zero attached hydrogens (tertiary/aromatic N) is 2. The zero-order chi connectivity index (χ0) is 25.5. The second-order valence-corrected chi connectivity index (χ2v) is 11.0. The summed E-state index contributed by atoms with van der Waals surface area (Å²) >= 11 is 13.7. The summed E-state index contributed by atoms with van der Waals surface area (Å²) in [7, 11) is 0. The van der Waals surface area contributed by atoms with Gasteiger partial charge < -0.3 is 14.6 Å². The Morgan fingerprint density at radius 3 is 2.72 bits per heavy atom. The van der Waals surface area contributed by atoms with E-state index in [4.69, 9.17) is 32.9 Å². The Bertz CT molecular complexity index is 1210. The molecular weight excluding hydrogens is 513 g/mol. The molecular formula is C28H33Cl2N3O2S. The van der Waals surface area contributed by atoms with Crippen LogP contribution in [-0.4, -0.2) is 22.0 Å². The van der Waals surface area contributed by atoms with Gasteiger partial charge in [-0.15, -0.1) is 11.3 Å². The van der Waals surface area contributed by atoms with E-state index < -0.39 is 0 Å². The normalized spacial score (nSPS) is 13.5. The average Bonchev–Trinajstić information content (AvgIpc) is 3.46. The average molecular weight is 547 g/mol. The number of carbonyl (C=O) groups is 1. The van der Waals surface area contributed by atoms with Crippen LogP contribution >= 0.6 is 34.5 Å². The first-order valence-corrected chi connectivity index (χ1v) is 14.3. The van der Waals surface area contributed by atoms with Crippen LogP contribution in [-0.2, 0) is 13.2 Å². The summed E-state index contributed by atoms with van der Waals surface area (Å²) in [6.07, 6.45) is 10.2. The van der Waals surface area contributed by atoms with E-state index in [1.807, 2.05) is 18.4 Å². The van der Waals surface area contributed by atoms with Gasteiger partial charge in [0.25, 0.3) is 5.91 Å². The van der Waals surface area contributed by atoms with Crippen molar-refractivity contribution < 1.29 is 9.53 Å². The second-order valence-electron chi connectivity index (χ2n) is 9.17. The number of rotatable bonds is 11. The largest absolute Gasteiger partial charge is 0.486 e. The molecule has 192 valence electrons. The quantitative estimate of drug-likeness (QED) is 0.247. The molecule has 5 nitrogen and oxygen atoms in total. The van der Waals surface area contributed by atoms with Crippen molar-refractivity contribution in [1.82, 2.24) is 14.9 Å². The van der Waals surface area contributed by atoms with Gasteiger partial charge in [0.05, 0.1) is 17.0 Å². The Hall–Kier alpha value is -2.28. The van der Waals surface area contributed by atoms with Crippen LogP contribution in [0.4, 0.5) is 0 Å². The number of hydrogen-bond acceptors (Lipinski definition) is 4. The molecule has 1 amide bonds. The first-order chi connectivity index (χ1) is 17.4. The lowest BCUT2D eigenvalue weighted by Crippen LogP contribution is -2.25. The second kappa shape index (κ2) is 12.8. The van der Waals surface area contributed by atoms with Gasteiger partial charge in [0, 0.05) is 34.2 Å². The Morgan fingerprint density at radius 1 is 1.19 bits per heavy atom. The van der Waals surface area contributed by atoms with Gasteiger partial charge in [-0.3, -0.25) is 4.79 Å². The molecule has 2 aromatic heterocycles. The number of thiazole rings is 1. The van der Waals surface area contributed by atoms with Gasteiger partial charge in [-0.2, -0.15) is 0 Å². The molecule has 1 aliphatic carbocycles. The predicted molar refractivity (Wildman–Crippen MR) is 149 cm³/mol. The Kier molecular flexibility index (Phi) is 9.52. The molecule has 1 N–H and O–H groups in total. The van der Waals surface area contributed by atoms with E-state index in [1.54, 1.807) is 18.2 Å². The zero-order valence-corrected chi connectivity index (χ0v) is 23.2. The molecule has 36 heavy (non-hydrogen) atoms. The molecule has 2 heterocycles. The van der Waals surface area contributed by atoms with Crippen molar-refractivity contribution in [1.29, 1.82) is 0 Å². The number of allylic oxidation sites excluding steroid dienone is 1. The number of nitrogens with one attached hydrogen (secondary N) is 1. The number of unbranched alkanes of at least 4 members (excludes halogenated alkanes) is 1. The van der Waals surface area contributed by atoms with Gasteiger partial charge in [-0.05, 0) is 69.7 Å². The van der Waals surface area contributed by atoms with Crippen LogP contribution in [0.5, 0.6) is 5.75 Å². The lowest BCUT2D eigenvalue weighted by molar-refractivity contribution is 0.0953. The highest BCUT2D eigenvalue weighted by molar-refractivity contribution is 7.09. The van der Waals surface area contributed by atoms with Crippen molar-refractivity contribution in [3.8, 4) is 17.1 Å². The van der Waals surface area contributed by atoms with Crippen molar-refractivity contribution in [3.63, 3.8) is 0 Å². The van der Waals surface area contributed by atoms with E-state index in [9.17, 15) is 4.79 Å². The Labute approximate surface area is 227 Å². The van der Waals surface area contributed by atoms with Crippen LogP contribution < -0.4 is 10.1 Å². The molecule has 0 radical (unpaired) electrons. The molecule has 0 spiro atoms. The fraction of sp³-hybridized carbons (Fsp3) is 0.429. The maximum absolute atomic E-state index is 13.1. The number of benzene rings is 1. The number of halogens is 2. The van der Waals surface area contributed by atoms with E-state index in [0.29, 0.717) is 28.9 Å². The first kappa shape index (κ1) is 26.8. The molecule has 1 aromatic carbocycles. The molecule has 8 heteroatoms. The van der Waals surface area contributed by atoms with Crippen LogP contribution in [0, 0.1) is 6.92 Å². The van der Waals surface area contributed by atoms with Gasteiger partial charge >= 0.3 is 0 Å². The molecule has 0 atom stereocenters. The lowest BCUT2D eigenvalue weighted by Gasteiger charge is -2.13. The molecule has 0 bridgehead atoms. The van der Waals surface area contributed by atoms with E-state index >= 15 is 0 Å². The zero-order valence-electron chi connectivity index (χ0n) is 20.9. The van der Waals surface area contributed by atoms with Crippen LogP contribution in [0.15, 0.2) is 41.3 Å². The van der Waals surface area contributed by atoms with Gasteiger partial charge in [-0.1, -0.05) is 48.2 Å². The van der Waals surface area contributed by atoms with Crippen molar-refractivity contribution in [3.05, 3.63) is 67.6 Å². The minimum Gasteiger partial charge on any atom is -0.486 e. The van der Waals surface area contributed by atoms with Crippen molar-refractivity contribution in [2.24, 2.45) is 0 Å². The van der Waals surface area contributed by atoms with Crippen LogP contribution in [0.1, 0.15) is 72.9 Å². The fourth-order valence-electron chi connectivity index (χ4n) is 4.51. The summed E-state index contributed by atoms with van der Waals surface area (Å²) in [4.78, 5) is 17.9. The lowest BCUT2D eigenvalue weighted by atomic mass is 9.97. The fourth-order valence-corrected chi connectivity index (χ4v) is 5.71. The molecule has 0 saturated carbocycles. The Morgan fingerprint density at radius 2 is 2.00 bits per heavy atom. The third-order valence-corrected chi connectivity index (χ3v) is 7.73. The van der Waals surface area contributed by atoms with E-state index in [2.05, 4.69) is 22.9 Å². The number of hydrogen-bond donors (Lipinski definition) is 1. The number of ether oxygens (including phenoxy) is 1. The highest BCUT2D eigenvalue weighted by atomic mass is 35.5. The van der Waals surface area contributed by atoms with Crippen LogP contribution in [0.3, 0.4) is 0 Å². The smallest absolute Gasteiger partial charge is 0.253 e. The number of aromatic nitrogens is 2. The summed E-state index contributed by atoms with van der Waals surface area (Å²) in [6, 6.07) is 7.12. The minimum atomic E-state index is -0.0166. The minimum absolute atomic E-state index is 0.0166. The monoisotopic (exact) mass is 545 g/mol. The SMILES string of the molecule is CCCCn1c(-c2csc(COc3cc(Cl)cc(Cl)c3)n2)cc(C(=O)NCCC2=CCCCC2)c1C. The van der Waals surface area contributed by atoms with Crippen LogP contribution in [0.25, 0.3) is 11.4 Å². The highest BCUT2D eigenvalue weighted by Crippen LogP contribution is 2.30. The summed E-state index contributed by atoms with van der Waals surface area (Å²) in [5, 5.41) is 7.06. The van der Waals surface area contributed by atoms with Gasteiger partial charge in [0.1, 0.15) is 17.4 Å². The van der Waals surface area contributed by atoms with Gasteiger partial charge in [0.15, 0.2) is 0 Å². The van der Waals surface area contributed by atoms with E-state index in [-0.39, 0.29) is 5.91 Å². The molecule has 4 rings (SSSR count). The van der Waals surface area contributed by atoms with Crippen molar-refractivity contribution in [2.45, 2.75) is 71.9 Å². The standard InChI is InChI=1S/C28H33Cl2N3O2S/c1-3-4-12-33-19(2)24(28(34)31-11-10-20-8-6-5-7-9-20)16-26(33)25-18-36-27(32-25)17-35-23-14-21(29)13-22(30)15-23/h8,13-16,18H,3-7,9-12,17H2,1-2H3,(H,31,34). The molecule has 0 unspecified atom stereocenters. The highest BCUT2D eigenvalue weighted by Gasteiger charge is 2.20. The summed E-state index contributed by atoms with van der Waals surface area (Å²) in [5.74, 6) is 0.589. The maximum Gasteiger partial charge on any atom is 0.253 e. The first-order valence-electron chi connectivity index (χ1n) is 12.6. The topological polar surface area (TPSA) is 56.2 Å². The molecule has 3 aromatic rings. The summed E-state index contributed by atoms with van der Waals surface area (Å²) in [5.41, 5.74) is 4.99. The summed E-state index contributed by atoms with van der Waals surface area (Å²) < 4.78 is 8.08. The molecule has 0 saturated heterocycles. The van der Waals surface area contributed by atoms with Gasteiger partial charge in [-0.25, -0.2) is 4.98 Å². The maximum atomic E-state index is 13.1. The molecule has 0 aliphatic heterocycles. The third kappa shape index (κ3) is 6.93. The number of carbonyl (C=O) groups excluding carboxylic acids is 1. The number of amides is 1. The van der Waals surface area contributed by atoms with Crippen molar-refractivity contribution >= 4 is 40.4 Å². The van der Waals surface area contributed by atoms with Crippen LogP contribution in [0.2, 0.25) is 10.0 Å². The third-order valence-electron chi connectivity index (χ3n) is 6.48. The predicted octanol–water partition coefficient (Wildman–Crippen LogP) is 8.23.